The van der Waals surface area contributed by atoms with Gasteiger partial charge in [-0.05, 0) is 37.6 Å². The van der Waals surface area contributed by atoms with Gasteiger partial charge in [0.15, 0.2) is 0 Å². The van der Waals surface area contributed by atoms with Gasteiger partial charge in [-0.2, -0.15) is 11.8 Å². The lowest BCUT2D eigenvalue weighted by molar-refractivity contribution is -0.119. The van der Waals surface area contributed by atoms with Crippen molar-refractivity contribution in [3.05, 3.63) is 35.9 Å². The predicted molar refractivity (Wildman–Crippen MR) is 86.1 cm³/mol. The molecule has 4 heteroatoms. The molecule has 20 heavy (non-hydrogen) atoms. The van der Waals surface area contributed by atoms with Crippen molar-refractivity contribution in [1.29, 1.82) is 0 Å². The quantitative estimate of drug-likeness (QED) is 0.872. The maximum absolute atomic E-state index is 11.6. The average Bonchev–Trinajstić information content (AvgIpc) is 2.47. The van der Waals surface area contributed by atoms with Crippen molar-refractivity contribution >= 4 is 17.7 Å². The molecule has 0 aromatic heterocycles. The summed E-state index contributed by atoms with van der Waals surface area (Å²) < 4.78 is 0. The van der Waals surface area contributed by atoms with E-state index in [-0.39, 0.29) is 5.91 Å². The van der Waals surface area contributed by atoms with E-state index in [4.69, 9.17) is 0 Å². The maximum Gasteiger partial charge on any atom is 0.230 e. The fourth-order valence-corrected chi connectivity index (χ4v) is 3.05. The second kappa shape index (κ2) is 8.32. The van der Waals surface area contributed by atoms with E-state index in [1.54, 1.807) is 11.8 Å². The van der Waals surface area contributed by atoms with Gasteiger partial charge in [-0.1, -0.05) is 30.3 Å². The summed E-state index contributed by atoms with van der Waals surface area (Å²) in [4.78, 5) is 14.1. The highest BCUT2D eigenvalue weighted by atomic mass is 32.2. The molecule has 1 saturated heterocycles. The highest BCUT2D eigenvalue weighted by Gasteiger charge is 2.20. The van der Waals surface area contributed by atoms with Crippen molar-refractivity contribution in [3.8, 4) is 0 Å². The third-order valence-corrected chi connectivity index (χ3v) is 4.26. The normalized spacial score (nSPS) is 19.8. The van der Waals surface area contributed by atoms with Crippen molar-refractivity contribution in [2.24, 2.45) is 0 Å². The summed E-state index contributed by atoms with van der Waals surface area (Å²) in [5.74, 6) is 0.743. The van der Waals surface area contributed by atoms with Crippen LogP contribution in [-0.4, -0.2) is 48.5 Å². The number of carbonyl (C=O) groups is 1. The molecule has 1 heterocycles. The van der Waals surface area contributed by atoms with Crippen LogP contribution in [0.2, 0.25) is 0 Å². The molecule has 0 bridgehead atoms. The Bertz CT molecular complexity index is 410. The number of likely N-dealkylation sites (tertiary alicyclic amines) is 1. The first kappa shape index (κ1) is 15.4. The second-order valence-corrected chi connectivity index (χ2v) is 6.24. The molecule has 0 unspecified atom stereocenters. The van der Waals surface area contributed by atoms with E-state index in [0.717, 1.165) is 32.5 Å². The topological polar surface area (TPSA) is 32.3 Å². The Morgan fingerprint density at radius 2 is 2.20 bits per heavy atom. The molecule has 1 N–H and O–H groups in total. The lowest BCUT2D eigenvalue weighted by Crippen LogP contribution is -2.48. The van der Waals surface area contributed by atoms with E-state index in [1.165, 1.54) is 12.0 Å². The average molecular weight is 292 g/mol. The number of benzene rings is 1. The molecule has 1 aromatic carbocycles. The molecular weight excluding hydrogens is 268 g/mol. The van der Waals surface area contributed by atoms with Crippen LogP contribution in [0.4, 0.5) is 0 Å². The maximum atomic E-state index is 11.6. The molecule has 0 saturated carbocycles. The van der Waals surface area contributed by atoms with Gasteiger partial charge in [-0.15, -0.1) is 0 Å². The monoisotopic (exact) mass is 292 g/mol. The number of hydrogen-bond acceptors (Lipinski definition) is 3. The number of amides is 1. The Kier molecular flexibility index (Phi) is 6.40. The van der Waals surface area contributed by atoms with Crippen molar-refractivity contribution in [2.75, 3.05) is 31.6 Å². The van der Waals surface area contributed by atoms with E-state index in [2.05, 4.69) is 40.5 Å². The first-order chi connectivity index (χ1) is 9.78. The summed E-state index contributed by atoms with van der Waals surface area (Å²) in [6, 6.07) is 10.9. The summed E-state index contributed by atoms with van der Waals surface area (Å²) in [6.45, 7) is 3.23. The molecule has 0 aliphatic carbocycles. The van der Waals surface area contributed by atoms with Crippen molar-refractivity contribution in [1.82, 2.24) is 10.2 Å². The van der Waals surface area contributed by atoms with Gasteiger partial charge in [0.1, 0.15) is 0 Å². The lowest BCUT2D eigenvalue weighted by Gasteiger charge is -2.33. The number of piperidine rings is 1. The van der Waals surface area contributed by atoms with Gasteiger partial charge < -0.3 is 10.2 Å². The summed E-state index contributed by atoms with van der Waals surface area (Å²) in [7, 11) is 0. The summed E-state index contributed by atoms with van der Waals surface area (Å²) in [6.07, 6.45) is 5.35. The number of carbonyl (C=O) groups excluding carboxylic acids is 1. The van der Waals surface area contributed by atoms with Gasteiger partial charge >= 0.3 is 0 Å². The van der Waals surface area contributed by atoms with E-state index in [9.17, 15) is 4.79 Å². The molecule has 0 radical (unpaired) electrons. The first-order valence-electron chi connectivity index (χ1n) is 7.32. The molecule has 0 spiro atoms. The third-order valence-electron chi connectivity index (χ3n) is 3.71. The minimum Gasteiger partial charge on any atom is -0.351 e. The largest absolute Gasteiger partial charge is 0.351 e. The van der Waals surface area contributed by atoms with Crippen LogP contribution >= 0.6 is 11.8 Å². The number of thioether (sulfide) groups is 1. The highest BCUT2D eigenvalue weighted by molar-refractivity contribution is 7.99. The Balaban J connectivity index is 1.74. The van der Waals surface area contributed by atoms with Crippen LogP contribution in [0.25, 0.3) is 0 Å². The Hall–Kier alpha value is -1.00. The zero-order chi connectivity index (χ0) is 14.2. The van der Waals surface area contributed by atoms with Crippen LogP contribution in [0.15, 0.2) is 30.3 Å². The smallest absolute Gasteiger partial charge is 0.230 e. The minimum atomic E-state index is 0.174. The number of hydrogen-bond donors (Lipinski definition) is 1. The molecule has 1 aliphatic rings. The fourth-order valence-electron chi connectivity index (χ4n) is 2.71. The van der Waals surface area contributed by atoms with Crippen LogP contribution in [-0.2, 0) is 11.2 Å². The zero-order valence-corrected chi connectivity index (χ0v) is 13.0. The van der Waals surface area contributed by atoms with Gasteiger partial charge in [0.2, 0.25) is 5.91 Å². The molecule has 110 valence electrons. The molecule has 2 rings (SSSR count). The minimum absolute atomic E-state index is 0.174. The number of rotatable bonds is 6. The van der Waals surface area contributed by atoms with Crippen LogP contribution < -0.4 is 5.32 Å². The molecule has 1 fully saturated rings. The summed E-state index contributed by atoms with van der Waals surface area (Å²) in [5, 5.41) is 3.15. The van der Waals surface area contributed by atoms with Gasteiger partial charge in [0, 0.05) is 19.1 Å². The Morgan fingerprint density at radius 1 is 1.40 bits per heavy atom. The summed E-state index contributed by atoms with van der Waals surface area (Å²) in [5.41, 5.74) is 1.39. The second-order valence-electron chi connectivity index (χ2n) is 5.38. The first-order valence-corrected chi connectivity index (χ1v) is 8.72. The van der Waals surface area contributed by atoms with Gasteiger partial charge in [0.05, 0.1) is 5.75 Å². The van der Waals surface area contributed by atoms with Crippen molar-refractivity contribution in [2.45, 2.75) is 25.3 Å². The number of nitrogens with zero attached hydrogens (tertiary/aromatic N) is 1. The molecule has 3 nitrogen and oxygen atoms in total. The van der Waals surface area contributed by atoms with Crippen LogP contribution in [0.3, 0.4) is 0 Å². The SMILES string of the molecule is CSCC(=O)N[C@H]1CCCN(CCc2ccccc2)C1. The standard InChI is InChI=1S/C16H24N2OS/c1-20-13-16(19)17-15-8-5-10-18(12-15)11-9-14-6-3-2-4-7-14/h2-4,6-7,15H,5,8-13H2,1H3,(H,17,19)/t15-/m0/s1. The highest BCUT2D eigenvalue weighted by Crippen LogP contribution is 2.11. The zero-order valence-electron chi connectivity index (χ0n) is 12.2. The van der Waals surface area contributed by atoms with Crippen molar-refractivity contribution < 1.29 is 4.79 Å². The fraction of sp³-hybridized carbons (Fsp3) is 0.562. The van der Waals surface area contributed by atoms with E-state index in [1.807, 2.05) is 6.26 Å². The third kappa shape index (κ3) is 5.17. The van der Waals surface area contributed by atoms with Crippen LogP contribution in [0.1, 0.15) is 18.4 Å². The molecular formula is C16H24N2OS. The van der Waals surface area contributed by atoms with E-state index >= 15 is 0 Å². The summed E-state index contributed by atoms with van der Waals surface area (Å²) >= 11 is 1.58. The van der Waals surface area contributed by atoms with E-state index in [0.29, 0.717) is 11.8 Å². The molecule has 1 aliphatic heterocycles. The van der Waals surface area contributed by atoms with Gasteiger partial charge in [-0.25, -0.2) is 0 Å². The molecule has 1 aromatic rings. The Morgan fingerprint density at radius 3 is 2.95 bits per heavy atom. The van der Waals surface area contributed by atoms with Crippen LogP contribution in [0, 0.1) is 0 Å². The van der Waals surface area contributed by atoms with E-state index < -0.39 is 0 Å². The van der Waals surface area contributed by atoms with Crippen molar-refractivity contribution in [3.63, 3.8) is 0 Å². The molecule has 1 atom stereocenters. The lowest BCUT2D eigenvalue weighted by atomic mass is 10.0. The predicted octanol–water partition coefficient (Wildman–Crippen LogP) is 2.17. The number of nitrogens with one attached hydrogen (secondary N) is 1. The van der Waals surface area contributed by atoms with Gasteiger partial charge in [-0.3, -0.25) is 4.79 Å². The van der Waals surface area contributed by atoms with Crippen LogP contribution in [0.5, 0.6) is 0 Å². The Labute approximate surface area is 126 Å². The molecule has 1 amide bonds. The van der Waals surface area contributed by atoms with Gasteiger partial charge in [0.25, 0.3) is 0 Å².